The van der Waals surface area contributed by atoms with Crippen LogP contribution < -0.4 is 4.74 Å². The summed E-state index contributed by atoms with van der Waals surface area (Å²) in [5.41, 5.74) is 1.83. The maximum Gasteiger partial charge on any atom is 0.217 e. The average molecular weight is 331 g/mol. The lowest BCUT2D eigenvalue weighted by Gasteiger charge is -2.55. The van der Waals surface area contributed by atoms with E-state index in [1.807, 2.05) is 6.07 Å². The second kappa shape index (κ2) is 6.98. The van der Waals surface area contributed by atoms with Crippen LogP contribution in [0.25, 0.3) is 0 Å². The Hall–Kier alpha value is -1.17. The number of piperidine rings is 1. The molecular formula is C19H29N3O2. The zero-order chi connectivity index (χ0) is 16.4. The van der Waals surface area contributed by atoms with E-state index >= 15 is 0 Å². The van der Waals surface area contributed by atoms with Gasteiger partial charge in [-0.3, -0.25) is 9.80 Å². The van der Waals surface area contributed by atoms with Crippen molar-refractivity contribution < 1.29 is 9.47 Å². The zero-order valence-corrected chi connectivity index (χ0v) is 14.7. The van der Waals surface area contributed by atoms with Gasteiger partial charge in [-0.2, -0.15) is 0 Å². The lowest BCUT2D eigenvalue weighted by Crippen LogP contribution is -2.57. The summed E-state index contributed by atoms with van der Waals surface area (Å²) in [6.45, 7) is 7.47. The van der Waals surface area contributed by atoms with Crippen molar-refractivity contribution in [3.63, 3.8) is 0 Å². The molecule has 1 aromatic heterocycles. The number of hydrogen-bond donors (Lipinski definition) is 0. The monoisotopic (exact) mass is 331 g/mol. The quantitative estimate of drug-likeness (QED) is 0.845. The van der Waals surface area contributed by atoms with Gasteiger partial charge in [-0.25, -0.2) is 4.98 Å². The van der Waals surface area contributed by atoms with Gasteiger partial charge in [0.05, 0.1) is 20.3 Å². The molecule has 4 rings (SSSR count). The Morgan fingerprint density at radius 1 is 1.21 bits per heavy atom. The summed E-state index contributed by atoms with van der Waals surface area (Å²) in [5.74, 6) is 0.772. The van der Waals surface area contributed by atoms with Crippen LogP contribution in [0.15, 0.2) is 18.3 Å². The summed E-state index contributed by atoms with van der Waals surface area (Å²) < 4.78 is 10.9. The van der Waals surface area contributed by atoms with Gasteiger partial charge in [0, 0.05) is 37.4 Å². The molecule has 3 fully saturated rings. The molecule has 2 aliphatic heterocycles. The van der Waals surface area contributed by atoms with Crippen LogP contribution in [0.4, 0.5) is 0 Å². The number of ether oxygens (including phenoxy) is 2. The number of aromatic nitrogens is 1. The molecule has 0 atom stereocenters. The van der Waals surface area contributed by atoms with Crippen LogP contribution in [-0.2, 0) is 11.3 Å². The second-order valence-corrected chi connectivity index (χ2v) is 7.66. The maximum absolute atomic E-state index is 5.48. The molecule has 0 N–H and O–H groups in total. The van der Waals surface area contributed by atoms with Crippen molar-refractivity contribution in [2.24, 2.45) is 5.41 Å². The highest BCUT2D eigenvalue weighted by molar-refractivity contribution is 5.25. The van der Waals surface area contributed by atoms with Crippen molar-refractivity contribution in [3.05, 3.63) is 23.9 Å². The fraction of sp³-hybridized carbons (Fsp3) is 0.737. The van der Waals surface area contributed by atoms with Crippen molar-refractivity contribution in [3.8, 4) is 5.88 Å². The summed E-state index contributed by atoms with van der Waals surface area (Å²) in [5, 5.41) is 0. The lowest BCUT2D eigenvalue weighted by atomic mass is 9.60. The molecule has 3 heterocycles. The first kappa shape index (κ1) is 16.3. The minimum atomic E-state index is 0.624. The largest absolute Gasteiger partial charge is 0.481 e. The van der Waals surface area contributed by atoms with E-state index in [1.54, 1.807) is 13.3 Å². The van der Waals surface area contributed by atoms with E-state index < -0.39 is 0 Å². The molecule has 0 aromatic carbocycles. The van der Waals surface area contributed by atoms with Gasteiger partial charge in [0.15, 0.2) is 0 Å². The topological polar surface area (TPSA) is 37.8 Å². The number of rotatable bonds is 4. The third kappa shape index (κ3) is 3.30. The van der Waals surface area contributed by atoms with Gasteiger partial charge in [0.2, 0.25) is 5.88 Å². The van der Waals surface area contributed by atoms with E-state index in [1.165, 1.54) is 44.3 Å². The standard InChI is InChI=1S/C19H29N3O2/c1-23-18-16(3-2-6-20-18)15-21-7-4-19(5-8-21)13-17(14-19)22-9-11-24-12-10-22/h2-3,6,17H,4-5,7-15H2,1H3. The van der Waals surface area contributed by atoms with E-state index in [0.29, 0.717) is 5.41 Å². The second-order valence-electron chi connectivity index (χ2n) is 7.66. The summed E-state index contributed by atoms with van der Waals surface area (Å²) in [6.07, 6.45) is 7.29. The summed E-state index contributed by atoms with van der Waals surface area (Å²) in [6, 6.07) is 4.95. The number of hydrogen-bond acceptors (Lipinski definition) is 5. The predicted octanol–water partition coefficient (Wildman–Crippen LogP) is 2.17. The van der Waals surface area contributed by atoms with Crippen LogP contribution in [0.3, 0.4) is 0 Å². The first-order valence-corrected chi connectivity index (χ1v) is 9.30. The highest BCUT2D eigenvalue weighted by Crippen LogP contribution is 2.51. The lowest BCUT2D eigenvalue weighted by molar-refractivity contribution is -0.0740. The Morgan fingerprint density at radius 3 is 2.67 bits per heavy atom. The first-order chi connectivity index (χ1) is 11.8. The van der Waals surface area contributed by atoms with Crippen molar-refractivity contribution in [1.29, 1.82) is 0 Å². The molecule has 0 bridgehead atoms. The molecule has 1 saturated carbocycles. The van der Waals surface area contributed by atoms with E-state index in [0.717, 1.165) is 44.8 Å². The minimum absolute atomic E-state index is 0.624. The first-order valence-electron chi connectivity index (χ1n) is 9.30. The van der Waals surface area contributed by atoms with Crippen LogP contribution >= 0.6 is 0 Å². The van der Waals surface area contributed by atoms with Gasteiger partial charge < -0.3 is 9.47 Å². The van der Waals surface area contributed by atoms with Crippen LogP contribution in [0, 0.1) is 5.41 Å². The van der Waals surface area contributed by atoms with Gasteiger partial charge in [-0.15, -0.1) is 0 Å². The molecule has 1 aromatic rings. The van der Waals surface area contributed by atoms with Gasteiger partial charge in [0.1, 0.15) is 0 Å². The van der Waals surface area contributed by atoms with Crippen molar-refractivity contribution >= 4 is 0 Å². The molecule has 3 aliphatic rings. The van der Waals surface area contributed by atoms with E-state index in [9.17, 15) is 0 Å². The zero-order valence-electron chi connectivity index (χ0n) is 14.7. The molecular weight excluding hydrogens is 302 g/mol. The Kier molecular flexibility index (Phi) is 4.74. The molecule has 1 spiro atoms. The number of nitrogens with zero attached hydrogens (tertiary/aromatic N) is 3. The SMILES string of the molecule is COc1ncccc1CN1CCC2(CC1)CC(N1CCOCC1)C2. The fourth-order valence-electron chi connectivity index (χ4n) is 4.70. The molecule has 2 saturated heterocycles. The van der Waals surface area contributed by atoms with Crippen LogP contribution in [0.5, 0.6) is 5.88 Å². The predicted molar refractivity (Wildman–Crippen MR) is 93.1 cm³/mol. The Labute approximate surface area is 144 Å². The van der Waals surface area contributed by atoms with Gasteiger partial charge >= 0.3 is 0 Å². The molecule has 1 aliphatic carbocycles. The van der Waals surface area contributed by atoms with Gasteiger partial charge in [0.25, 0.3) is 0 Å². The molecule has 24 heavy (non-hydrogen) atoms. The molecule has 0 unspecified atom stereocenters. The van der Waals surface area contributed by atoms with Crippen molar-refractivity contribution in [1.82, 2.24) is 14.8 Å². The van der Waals surface area contributed by atoms with Crippen molar-refractivity contribution in [2.75, 3.05) is 46.5 Å². The fourth-order valence-corrected chi connectivity index (χ4v) is 4.70. The van der Waals surface area contributed by atoms with Crippen LogP contribution in [0.2, 0.25) is 0 Å². The Bertz CT molecular complexity index is 543. The van der Waals surface area contributed by atoms with Crippen LogP contribution in [0.1, 0.15) is 31.2 Å². The summed E-state index contributed by atoms with van der Waals surface area (Å²) >= 11 is 0. The maximum atomic E-state index is 5.48. The summed E-state index contributed by atoms with van der Waals surface area (Å²) in [7, 11) is 1.71. The highest BCUT2D eigenvalue weighted by atomic mass is 16.5. The number of pyridine rings is 1. The summed E-state index contributed by atoms with van der Waals surface area (Å²) in [4.78, 5) is 9.53. The number of morpholine rings is 1. The Morgan fingerprint density at radius 2 is 1.96 bits per heavy atom. The van der Waals surface area contributed by atoms with Gasteiger partial charge in [-0.05, 0) is 50.3 Å². The van der Waals surface area contributed by atoms with Crippen molar-refractivity contribution in [2.45, 2.75) is 38.3 Å². The average Bonchev–Trinajstić information content (AvgIpc) is 2.62. The Balaban J connectivity index is 1.27. The van der Waals surface area contributed by atoms with E-state index in [2.05, 4.69) is 20.9 Å². The molecule has 0 radical (unpaired) electrons. The minimum Gasteiger partial charge on any atom is -0.481 e. The van der Waals surface area contributed by atoms with Crippen LogP contribution in [-0.4, -0.2) is 67.3 Å². The van der Waals surface area contributed by atoms with Gasteiger partial charge in [-0.1, -0.05) is 6.07 Å². The molecule has 132 valence electrons. The van der Waals surface area contributed by atoms with E-state index in [-0.39, 0.29) is 0 Å². The van der Waals surface area contributed by atoms with E-state index in [4.69, 9.17) is 9.47 Å². The highest BCUT2D eigenvalue weighted by Gasteiger charge is 2.47. The third-order valence-electron chi connectivity index (χ3n) is 6.25. The molecule has 5 heteroatoms. The number of likely N-dealkylation sites (tertiary alicyclic amines) is 1. The third-order valence-corrected chi connectivity index (χ3v) is 6.25. The molecule has 5 nitrogen and oxygen atoms in total. The molecule has 0 amide bonds. The number of methoxy groups -OCH3 is 1. The normalized spacial score (nSPS) is 25.5. The smallest absolute Gasteiger partial charge is 0.217 e.